The Balaban J connectivity index is 2.82. The van der Waals surface area contributed by atoms with Crippen LogP contribution in [0.3, 0.4) is 0 Å². The molecule has 1 aromatic rings. The number of nitrogens with zero attached hydrogens (tertiary/aromatic N) is 1. The molecule has 1 amide bonds. The molecule has 15 heavy (non-hydrogen) atoms. The number of amides is 1. The van der Waals surface area contributed by atoms with Gasteiger partial charge in [0.1, 0.15) is 11.5 Å². The van der Waals surface area contributed by atoms with Crippen LogP contribution in [0.4, 0.5) is 5.82 Å². The molecule has 0 bridgehead atoms. The van der Waals surface area contributed by atoms with Crippen LogP contribution in [0, 0.1) is 0 Å². The lowest BCUT2D eigenvalue weighted by Gasteiger charge is -2.20. The molecule has 0 aliphatic rings. The zero-order valence-electron chi connectivity index (χ0n) is 9.59. The lowest BCUT2D eigenvalue weighted by Crippen LogP contribution is -2.40. The van der Waals surface area contributed by atoms with E-state index < -0.39 is 0 Å². The van der Waals surface area contributed by atoms with Gasteiger partial charge in [-0.1, -0.05) is 6.07 Å². The van der Waals surface area contributed by atoms with Crippen LogP contribution in [0.2, 0.25) is 0 Å². The van der Waals surface area contributed by atoms with Gasteiger partial charge in [0, 0.05) is 12.6 Å². The summed E-state index contributed by atoms with van der Waals surface area (Å²) in [5, 5.41) is 5.75. The predicted octanol–water partition coefficient (Wildman–Crippen LogP) is 1.65. The number of pyridine rings is 1. The molecule has 82 valence electrons. The van der Waals surface area contributed by atoms with Crippen molar-refractivity contribution < 1.29 is 4.79 Å². The molecular formula is C11H17N3O. The second-order valence-electron chi connectivity index (χ2n) is 4.36. The molecule has 0 saturated carbocycles. The second kappa shape index (κ2) is 4.29. The van der Waals surface area contributed by atoms with Gasteiger partial charge < -0.3 is 10.6 Å². The van der Waals surface area contributed by atoms with E-state index >= 15 is 0 Å². The summed E-state index contributed by atoms with van der Waals surface area (Å²) in [5.41, 5.74) is 0.186. The average Bonchev–Trinajstić information content (AvgIpc) is 2.15. The van der Waals surface area contributed by atoms with E-state index in [-0.39, 0.29) is 11.4 Å². The maximum Gasteiger partial charge on any atom is 0.270 e. The molecule has 1 heterocycles. The summed E-state index contributed by atoms with van der Waals surface area (Å²) in [6, 6.07) is 5.31. The van der Waals surface area contributed by atoms with E-state index in [0.29, 0.717) is 11.5 Å². The highest BCUT2D eigenvalue weighted by Crippen LogP contribution is 2.06. The summed E-state index contributed by atoms with van der Waals surface area (Å²) in [7, 11) is 1.77. The highest BCUT2D eigenvalue weighted by atomic mass is 16.2. The fourth-order valence-corrected chi connectivity index (χ4v) is 1.11. The van der Waals surface area contributed by atoms with E-state index in [1.165, 1.54) is 0 Å². The van der Waals surface area contributed by atoms with E-state index in [9.17, 15) is 4.79 Å². The van der Waals surface area contributed by atoms with Crippen LogP contribution in [0.15, 0.2) is 18.2 Å². The Morgan fingerprint density at radius 1 is 1.33 bits per heavy atom. The molecule has 1 aromatic heterocycles. The van der Waals surface area contributed by atoms with Crippen LogP contribution in [-0.4, -0.2) is 23.5 Å². The van der Waals surface area contributed by atoms with Crippen molar-refractivity contribution in [2.45, 2.75) is 26.3 Å². The third kappa shape index (κ3) is 3.58. The van der Waals surface area contributed by atoms with Gasteiger partial charge in [-0.05, 0) is 32.9 Å². The first-order valence-electron chi connectivity index (χ1n) is 4.90. The molecule has 0 spiro atoms. The molecule has 0 radical (unpaired) electrons. The van der Waals surface area contributed by atoms with Gasteiger partial charge in [0.2, 0.25) is 0 Å². The fourth-order valence-electron chi connectivity index (χ4n) is 1.11. The van der Waals surface area contributed by atoms with Crippen molar-refractivity contribution in [3.63, 3.8) is 0 Å². The Kier molecular flexibility index (Phi) is 3.29. The van der Waals surface area contributed by atoms with Gasteiger partial charge in [-0.15, -0.1) is 0 Å². The van der Waals surface area contributed by atoms with Crippen LogP contribution >= 0.6 is 0 Å². The number of anilines is 1. The standard InChI is InChI=1S/C11H17N3O/c1-11(2,3)14-10(15)8-6-5-7-9(12-4)13-8/h5-7H,1-4H3,(H,12,13)(H,14,15). The lowest BCUT2D eigenvalue weighted by molar-refractivity contribution is 0.0914. The highest BCUT2D eigenvalue weighted by Gasteiger charge is 2.16. The molecule has 0 saturated heterocycles. The third-order valence-corrected chi connectivity index (χ3v) is 1.73. The number of hydrogen-bond acceptors (Lipinski definition) is 3. The minimum Gasteiger partial charge on any atom is -0.373 e. The summed E-state index contributed by atoms with van der Waals surface area (Å²) in [4.78, 5) is 15.9. The molecule has 2 N–H and O–H groups in total. The normalized spacial score (nSPS) is 10.9. The molecule has 0 aromatic carbocycles. The molecule has 0 aliphatic heterocycles. The van der Waals surface area contributed by atoms with Gasteiger partial charge in [0.25, 0.3) is 5.91 Å². The summed E-state index contributed by atoms with van der Waals surface area (Å²) in [6.07, 6.45) is 0. The van der Waals surface area contributed by atoms with Crippen LogP contribution in [0.1, 0.15) is 31.3 Å². The van der Waals surface area contributed by atoms with E-state index in [1.807, 2.05) is 26.8 Å². The van der Waals surface area contributed by atoms with Crippen molar-refractivity contribution in [3.8, 4) is 0 Å². The van der Waals surface area contributed by atoms with Crippen LogP contribution in [0.25, 0.3) is 0 Å². The summed E-state index contributed by atoms with van der Waals surface area (Å²) in [6.45, 7) is 5.81. The molecule has 0 fully saturated rings. The van der Waals surface area contributed by atoms with E-state index in [4.69, 9.17) is 0 Å². The van der Waals surface area contributed by atoms with Crippen LogP contribution in [0.5, 0.6) is 0 Å². The Bertz CT molecular complexity index is 355. The van der Waals surface area contributed by atoms with Crippen molar-refractivity contribution in [1.82, 2.24) is 10.3 Å². The number of rotatable bonds is 2. The largest absolute Gasteiger partial charge is 0.373 e. The van der Waals surface area contributed by atoms with Crippen LogP contribution < -0.4 is 10.6 Å². The van der Waals surface area contributed by atoms with Gasteiger partial charge in [0.05, 0.1) is 0 Å². The molecule has 4 nitrogen and oxygen atoms in total. The minimum atomic E-state index is -0.242. The Morgan fingerprint density at radius 2 is 2.00 bits per heavy atom. The van der Waals surface area contributed by atoms with Gasteiger partial charge >= 0.3 is 0 Å². The molecule has 4 heteroatoms. The predicted molar refractivity (Wildman–Crippen MR) is 61.0 cm³/mol. The van der Waals surface area contributed by atoms with Crippen molar-refractivity contribution in [2.75, 3.05) is 12.4 Å². The second-order valence-corrected chi connectivity index (χ2v) is 4.36. The number of nitrogens with one attached hydrogen (secondary N) is 2. The zero-order valence-corrected chi connectivity index (χ0v) is 9.59. The summed E-state index contributed by atoms with van der Waals surface area (Å²) >= 11 is 0. The van der Waals surface area contributed by atoms with Crippen molar-refractivity contribution in [3.05, 3.63) is 23.9 Å². The van der Waals surface area contributed by atoms with Crippen molar-refractivity contribution in [2.24, 2.45) is 0 Å². The quantitative estimate of drug-likeness (QED) is 0.775. The molecule has 0 unspecified atom stereocenters. The Hall–Kier alpha value is -1.58. The number of carbonyl (C=O) groups is 1. The van der Waals surface area contributed by atoms with Crippen molar-refractivity contribution >= 4 is 11.7 Å². The summed E-state index contributed by atoms with van der Waals surface area (Å²) < 4.78 is 0. The van der Waals surface area contributed by atoms with E-state index in [2.05, 4.69) is 15.6 Å². The number of aromatic nitrogens is 1. The maximum atomic E-state index is 11.7. The van der Waals surface area contributed by atoms with Gasteiger partial charge in [0.15, 0.2) is 0 Å². The van der Waals surface area contributed by atoms with E-state index in [1.54, 1.807) is 19.2 Å². The van der Waals surface area contributed by atoms with Crippen LogP contribution in [-0.2, 0) is 0 Å². The van der Waals surface area contributed by atoms with Gasteiger partial charge in [-0.25, -0.2) is 4.98 Å². The molecule has 0 atom stereocenters. The molecule has 1 rings (SSSR count). The molecular weight excluding hydrogens is 190 g/mol. The number of hydrogen-bond donors (Lipinski definition) is 2. The van der Waals surface area contributed by atoms with E-state index in [0.717, 1.165) is 0 Å². The molecule has 0 aliphatic carbocycles. The Morgan fingerprint density at radius 3 is 2.53 bits per heavy atom. The zero-order chi connectivity index (χ0) is 11.5. The SMILES string of the molecule is CNc1cccc(C(=O)NC(C)(C)C)n1. The average molecular weight is 207 g/mol. The first-order chi connectivity index (χ1) is 6.92. The monoisotopic (exact) mass is 207 g/mol. The summed E-state index contributed by atoms with van der Waals surface area (Å²) in [5.74, 6) is 0.538. The lowest BCUT2D eigenvalue weighted by atomic mass is 10.1. The maximum absolute atomic E-state index is 11.7. The van der Waals surface area contributed by atoms with Gasteiger partial charge in [-0.2, -0.15) is 0 Å². The Labute approximate surface area is 90.1 Å². The van der Waals surface area contributed by atoms with Gasteiger partial charge in [-0.3, -0.25) is 4.79 Å². The topological polar surface area (TPSA) is 54.0 Å². The number of carbonyl (C=O) groups excluding carboxylic acids is 1. The van der Waals surface area contributed by atoms with Crippen molar-refractivity contribution in [1.29, 1.82) is 0 Å². The first kappa shape index (κ1) is 11.5. The minimum absolute atomic E-state index is 0.153. The third-order valence-electron chi connectivity index (χ3n) is 1.73. The fraction of sp³-hybridized carbons (Fsp3) is 0.455. The smallest absolute Gasteiger partial charge is 0.270 e. The highest BCUT2D eigenvalue weighted by molar-refractivity contribution is 5.93. The first-order valence-corrected chi connectivity index (χ1v) is 4.90.